The Morgan fingerprint density at radius 1 is 1.14 bits per heavy atom. The van der Waals surface area contributed by atoms with Gasteiger partial charge in [0.1, 0.15) is 5.82 Å². The highest BCUT2D eigenvalue weighted by atomic mass is 32.2. The van der Waals surface area contributed by atoms with E-state index in [1.807, 2.05) is 36.6 Å². The minimum atomic E-state index is -3.79. The molecule has 6 nitrogen and oxygen atoms in total. The molecule has 9 heteroatoms. The first-order valence-electron chi connectivity index (χ1n) is 8.42. The molecule has 0 fully saturated rings. The Morgan fingerprint density at radius 2 is 1.86 bits per heavy atom. The van der Waals surface area contributed by atoms with E-state index in [0.717, 1.165) is 29.0 Å². The predicted octanol–water partition coefficient (Wildman–Crippen LogP) is 3.56. The fourth-order valence-corrected chi connectivity index (χ4v) is 4.25. The number of hydrogen-bond donors (Lipinski definition) is 2. The van der Waals surface area contributed by atoms with Crippen LogP contribution in [-0.4, -0.2) is 25.9 Å². The number of carbonyl (C=O) groups is 1. The van der Waals surface area contributed by atoms with Crippen LogP contribution in [0.25, 0.3) is 11.3 Å². The zero-order valence-electron chi connectivity index (χ0n) is 15.0. The van der Waals surface area contributed by atoms with Crippen molar-refractivity contribution < 1.29 is 17.6 Å². The van der Waals surface area contributed by atoms with Gasteiger partial charge in [-0.1, -0.05) is 24.3 Å². The molecule has 0 atom stereocenters. The molecule has 1 amide bonds. The van der Waals surface area contributed by atoms with Crippen LogP contribution < -0.4 is 10.0 Å². The van der Waals surface area contributed by atoms with Crippen molar-refractivity contribution in [1.82, 2.24) is 9.71 Å². The largest absolute Gasteiger partial charge is 0.302 e. The number of aryl methyl sites for hydroxylation is 1. The summed E-state index contributed by atoms with van der Waals surface area (Å²) in [5.41, 5.74) is 2.85. The third-order valence-corrected chi connectivity index (χ3v) is 6.17. The number of nitrogens with zero attached hydrogens (tertiary/aromatic N) is 1. The van der Waals surface area contributed by atoms with Crippen molar-refractivity contribution in [2.24, 2.45) is 0 Å². The highest BCUT2D eigenvalue weighted by molar-refractivity contribution is 7.89. The zero-order valence-corrected chi connectivity index (χ0v) is 16.6. The molecular weight excluding hydrogens is 401 g/mol. The maximum atomic E-state index is 12.9. The first-order chi connectivity index (χ1) is 13.3. The van der Waals surface area contributed by atoms with Crippen LogP contribution in [0.1, 0.15) is 12.0 Å². The average molecular weight is 420 g/mol. The van der Waals surface area contributed by atoms with Gasteiger partial charge in [0.25, 0.3) is 0 Å². The van der Waals surface area contributed by atoms with Gasteiger partial charge in [0.2, 0.25) is 15.9 Å². The highest BCUT2D eigenvalue weighted by Gasteiger charge is 2.15. The lowest BCUT2D eigenvalue weighted by Crippen LogP contribution is -2.27. The molecule has 1 aromatic heterocycles. The van der Waals surface area contributed by atoms with Crippen LogP contribution in [0.15, 0.2) is 58.8 Å². The molecule has 0 aliphatic rings. The van der Waals surface area contributed by atoms with Crippen LogP contribution in [-0.2, 0) is 14.8 Å². The number of amides is 1. The van der Waals surface area contributed by atoms with E-state index in [4.69, 9.17) is 0 Å². The molecule has 0 saturated carbocycles. The third kappa shape index (κ3) is 5.00. The normalized spacial score (nSPS) is 11.4. The van der Waals surface area contributed by atoms with Crippen LogP contribution in [0, 0.1) is 12.7 Å². The topological polar surface area (TPSA) is 88.2 Å². The number of hydrogen-bond acceptors (Lipinski definition) is 5. The molecule has 0 aliphatic heterocycles. The van der Waals surface area contributed by atoms with Crippen LogP contribution in [0.4, 0.5) is 9.52 Å². The van der Waals surface area contributed by atoms with E-state index in [-0.39, 0.29) is 23.8 Å². The Kier molecular flexibility index (Phi) is 6.18. The maximum absolute atomic E-state index is 12.9. The van der Waals surface area contributed by atoms with E-state index in [1.54, 1.807) is 0 Å². The first-order valence-corrected chi connectivity index (χ1v) is 10.8. The fraction of sp³-hybridized carbons (Fsp3) is 0.158. The van der Waals surface area contributed by atoms with E-state index in [0.29, 0.717) is 5.13 Å². The number of anilines is 1. The molecule has 0 aliphatic carbocycles. The lowest BCUT2D eigenvalue weighted by Gasteiger charge is -2.06. The lowest BCUT2D eigenvalue weighted by molar-refractivity contribution is -0.116. The SMILES string of the molecule is Cc1ccccc1-c1csc(NC(=O)CCNS(=O)(=O)c2ccc(F)cc2)n1. The molecule has 2 aromatic carbocycles. The minimum Gasteiger partial charge on any atom is -0.302 e. The number of rotatable bonds is 7. The summed E-state index contributed by atoms with van der Waals surface area (Å²) >= 11 is 1.30. The van der Waals surface area contributed by atoms with Crippen molar-refractivity contribution in [2.45, 2.75) is 18.2 Å². The molecule has 3 rings (SSSR count). The van der Waals surface area contributed by atoms with Crippen LogP contribution in [0.5, 0.6) is 0 Å². The second-order valence-corrected chi connectivity index (χ2v) is 8.63. The number of benzene rings is 2. The maximum Gasteiger partial charge on any atom is 0.240 e. The molecule has 0 unspecified atom stereocenters. The number of halogens is 1. The monoisotopic (exact) mass is 419 g/mol. The summed E-state index contributed by atoms with van der Waals surface area (Å²) in [5, 5.41) is 4.97. The zero-order chi connectivity index (χ0) is 20.1. The summed E-state index contributed by atoms with van der Waals surface area (Å²) in [6.07, 6.45) is -0.0559. The van der Waals surface area contributed by atoms with Gasteiger partial charge >= 0.3 is 0 Å². The molecule has 3 aromatic rings. The molecular formula is C19H18FN3O3S2. The van der Waals surface area contributed by atoms with Gasteiger partial charge in [-0.25, -0.2) is 22.5 Å². The molecule has 1 heterocycles. The van der Waals surface area contributed by atoms with E-state index in [9.17, 15) is 17.6 Å². The second kappa shape index (κ2) is 8.59. The van der Waals surface area contributed by atoms with Crippen molar-refractivity contribution in [3.63, 3.8) is 0 Å². The van der Waals surface area contributed by atoms with Crippen molar-refractivity contribution in [1.29, 1.82) is 0 Å². The standard InChI is InChI=1S/C19H18FN3O3S2/c1-13-4-2-3-5-16(13)17-12-27-19(22-17)23-18(24)10-11-21-28(25,26)15-8-6-14(20)7-9-15/h2-9,12,21H,10-11H2,1H3,(H,22,23,24). The number of sulfonamides is 1. The molecule has 0 spiro atoms. The Bertz CT molecular complexity index is 1080. The van der Waals surface area contributed by atoms with Gasteiger partial charge < -0.3 is 5.32 Å². The number of nitrogens with one attached hydrogen (secondary N) is 2. The molecule has 2 N–H and O–H groups in total. The van der Waals surface area contributed by atoms with Crippen LogP contribution in [0.3, 0.4) is 0 Å². The van der Waals surface area contributed by atoms with Gasteiger partial charge in [0.15, 0.2) is 5.13 Å². The lowest BCUT2D eigenvalue weighted by atomic mass is 10.1. The molecule has 28 heavy (non-hydrogen) atoms. The highest BCUT2D eigenvalue weighted by Crippen LogP contribution is 2.27. The molecule has 146 valence electrons. The van der Waals surface area contributed by atoms with Crippen LogP contribution >= 0.6 is 11.3 Å². The van der Waals surface area contributed by atoms with Crippen molar-refractivity contribution in [3.05, 3.63) is 65.3 Å². The first kappa shape index (κ1) is 20.1. The smallest absolute Gasteiger partial charge is 0.240 e. The summed E-state index contributed by atoms with van der Waals surface area (Å²) in [7, 11) is -3.79. The second-order valence-electron chi connectivity index (χ2n) is 6.00. The van der Waals surface area contributed by atoms with Crippen molar-refractivity contribution in [2.75, 3.05) is 11.9 Å². The minimum absolute atomic E-state index is 0.0559. The Morgan fingerprint density at radius 3 is 2.57 bits per heavy atom. The Balaban J connectivity index is 1.54. The van der Waals surface area contributed by atoms with Gasteiger partial charge in [-0.3, -0.25) is 4.79 Å². The molecule has 0 bridgehead atoms. The Hall–Kier alpha value is -2.62. The molecule has 0 saturated heterocycles. The summed E-state index contributed by atoms with van der Waals surface area (Å²) in [6, 6.07) is 12.3. The summed E-state index contributed by atoms with van der Waals surface area (Å²) in [4.78, 5) is 16.4. The van der Waals surface area contributed by atoms with Gasteiger partial charge in [-0.15, -0.1) is 11.3 Å². The number of aromatic nitrogens is 1. The fourth-order valence-electron chi connectivity index (χ4n) is 2.49. The van der Waals surface area contributed by atoms with Gasteiger partial charge in [0, 0.05) is 23.9 Å². The van der Waals surface area contributed by atoms with Crippen molar-refractivity contribution >= 4 is 32.4 Å². The van der Waals surface area contributed by atoms with E-state index < -0.39 is 15.8 Å². The van der Waals surface area contributed by atoms with Crippen LogP contribution in [0.2, 0.25) is 0 Å². The van der Waals surface area contributed by atoms with Gasteiger partial charge in [-0.05, 0) is 36.8 Å². The average Bonchev–Trinajstić information content (AvgIpc) is 3.10. The van der Waals surface area contributed by atoms with Crippen molar-refractivity contribution in [3.8, 4) is 11.3 Å². The van der Waals surface area contributed by atoms with Gasteiger partial charge in [-0.2, -0.15) is 0 Å². The van der Waals surface area contributed by atoms with Gasteiger partial charge in [0.05, 0.1) is 10.6 Å². The third-order valence-electron chi connectivity index (χ3n) is 3.94. The van der Waals surface area contributed by atoms with E-state index in [1.165, 1.54) is 23.5 Å². The summed E-state index contributed by atoms with van der Waals surface area (Å²) in [6.45, 7) is 1.90. The number of carbonyl (C=O) groups excluding carboxylic acids is 1. The Labute approximate surface area is 166 Å². The van der Waals surface area contributed by atoms with E-state index in [2.05, 4.69) is 15.0 Å². The predicted molar refractivity (Wildman–Crippen MR) is 107 cm³/mol. The summed E-state index contributed by atoms with van der Waals surface area (Å²) in [5.74, 6) is -0.876. The quantitative estimate of drug-likeness (QED) is 0.613. The summed E-state index contributed by atoms with van der Waals surface area (Å²) < 4.78 is 39.4. The number of thiazole rings is 1. The van der Waals surface area contributed by atoms with E-state index >= 15 is 0 Å². The molecule has 0 radical (unpaired) electrons.